The van der Waals surface area contributed by atoms with Gasteiger partial charge in [-0.05, 0) is 44.9 Å². The van der Waals surface area contributed by atoms with Crippen LogP contribution in [0.3, 0.4) is 0 Å². The Bertz CT molecular complexity index is 1460. The number of esters is 2. The molecule has 84 heavy (non-hydrogen) atoms. The van der Waals surface area contributed by atoms with Crippen LogP contribution in [-0.2, 0) is 32.7 Å². The van der Waals surface area contributed by atoms with Crippen molar-refractivity contribution >= 4 is 19.8 Å². The second kappa shape index (κ2) is 65.9. The van der Waals surface area contributed by atoms with E-state index < -0.39 is 26.5 Å². The molecule has 0 rings (SSSR count). The number of carbonyl (C=O) groups is 2. The van der Waals surface area contributed by atoms with E-state index in [-0.39, 0.29) is 32.0 Å². The monoisotopic (exact) mass is 1210 g/mol. The highest BCUT2D eigenvalue weighted by molar-refractivity contribution is 7.45. The molecule has 0 aliphatic rings. The smallest absolute Gasteiger partial charge is 0.306 e. The largest absolute Gasteiger partial charge is 0.756 e. The van der Waals surface area contributed by atoms with Gasteiger partial charge in [-0.15, -0.1) is 0 Å². The predicted molar refractivity (Wildman–Crippen MR) is 361 cm³/mol. The van der Waals surface area contributed by atoms with Gasteiger partial charge in [0.1, 0.15) is 19.8 Å². The van der Waals surface area contributed by atoms with E-state index in [4.69, 9.17) is 18.5 Å². The summed E-state index contributed by atoms with van der Waals surface area (Å²) in [4.78, 5) is 38.1. The van der Waals surface area contributed by atoms with Gasteiger partial charge in [-0.25, -0.2) is 0 Å². The fourth-order valence-electron chi connectivity index (χ4n) is 11.3. The van der Waals surface area contributed by atoms with Crippen molar-refractivity contribution in [3.8, 4) is 0 Å². The Balaban J connectivity index is 3.94. The van der Waals surface area contributed by atoms with Crippen molar-refractivity contribution < 1.29 is 42.1 Å². The highest BCUT2D eigenvalue weighted by atomic mass is 31.2. The molecule has 0 radical (unpaired) electrons. The maximum Gasteiger partial charge on any atom is 0.306 e. The molecule has 9 nitrogen and oxygen atoms in total. The third-order valence-corrected chi connectivity index (χ3v) is 17.9. The molecule has 0 aromatic heterocycles. The van der Waals surface area contributed by atoms with E-state index in [0.717, 1.165) is 38.5 Å². The Hall–Kier alpha value is -1.51. The maximum absolute atomic E-state index is 12.9. The average Bonchev–Trinajstić information content (AvgIpc) is 3.61. The van der Waals surface area contributed by atoms with E-state index in [2.05, 4.69) is 38.2 Å². The normalized spacial score (nSPS) is 13.2. The number of allylic oxidation sites excluding steroid dienone is 4. The number of unbranched alkanes of at least 4 members (excludes halogenated alkanes) is 52. The summed E-state index contributed by atoms with van der Waals surface area (Å²) >= 11 is 0. The average molecular weight is 1210 g/mol. The standard InChI is InChI=1S/C74H144NO8P/c1-6-8-10-12-14-16-18-20-22-24-26-28-30-32-34-35-36-37-38-39-41-42-44-46-48-50-52-54-56-58-60-62-64-66-73(76)80-70-72(71-82-84(78,79)81-69-68-75(3,4)5)83-74(77)67-65-63-61-59-57-55-53-51-49-47-45-43-40-33-31-29-27-25-23-21-19-17-15-13-11-9-7-2/h19,21,25,27,72H,6-18,20,22-24,26,28-71H2,1-5H3/b21-19-,27-25-. The zero-order valence-electron chi connectivity index (χ0n) is 56.9. The van der Waals surface area contributed by atoms with Crippen molar-refractivity contribution in [2.45, 2.75) is 392 Å². The number of ether oxygens (including phenoxy) is 2. The van der Waals surface area contributed by atoms with Crippen LogP contribution in [-0.4, -0.2) is 70.0 Å². The zero-order valence-corrected chi connectivity index (χ0v) is 57.8. The number of phosphoric acid groups is 1. The first-order chi connectivity index (χ1) is 41.0. The first kappa shape index (κ1) is 82.5. The zero-order chi connectivity index (χ0) is 61.2. The maximum atomic E-state index is 12.9. The lowest BCUT2D eigenvalue weighted by Crippen LogP contribution is -2.37. The first-order valence-corrected chi connectivity index (χ1v) is 38.5. The van der Waals surface area contributed by atoms with E-state index in [9.17, 15) is 19.0 Å². The topological polar surface area (TPSA) is 111 Å². The molecule has 10 heteroatoms. The summed E-state index contributed by atoms with van der Waals surface area (Å²) in [7, 11) is 1.19. The molecular weight excluding hydrogens is 1060 g/mol. The summed E-state index contributed by atoms with van der Waals surface area (Å²) in [5.41, 5.74) is 0. The van der Waals surface area contributed by atoms with Gasteiger partial charge < -0.3 is 27.9 Å². The van der Waals surface area contributed by atoms with Crippen molar-refractivity contribution in [2.75, 3.05) is 47.5 Å². The molecule has 0 saturated carbocycles. The van der Waals surface area contributed by atoms with Crippen LogP contribution in [0.2, 0.25) is 0 Å². The molecule has 0 N–H and O–H groups in total. The molecule has 0 heterocycles. The minimum atomic E-state index is -4.64. The van der Waals surface area contributed by atoms with E-state index >= 15 is 0 Å². The van der Waals surface area contributed by atoms with Gasteiger partial charge in [-0.3, -0.25) is 14.2 Å². The first-order valence-electron chi connectivity index (χ1n) is 37.0. The van der Waals surface area contributed by atoms with Crippen LogP contribution >= 0.6 is 7.82 Å². The second-order valence-corrected chi connectivity index (χ2v) is 28.1. The highest BCUT2D eigenvalue weighted by Crippen LogP contribution is 2.38. The lowest BCUT2D eigenvalue weighted by molar-refractivity contribution is -0.870. The molecule has 0 fully saturated rings. The van der Waals surface area contributed by atoms with Crippen LogP contribution in [0.5, 0.6) is 0 Å². The van der Waals surface area contributed by atoms with Crippen LogP contribution in [0.25, 0.3) is 0 Å². The van der Waals surface area contributed by atoms with Crippen molar-refractivity contribution in [1.29, 1.82) is 0 Å². The molecule has 0 bridgehead atoms. The van der Waals surface area contributed by atoms with Gasteiger partial charge in [0, 0.05) is 12.8 Å². The van der Waals surface area contributed by atoms with Gasteiger partial charge in [0.15, 0.2) is 6.10 Å². The molecule has 2 atom stereocenters. The molecule has 0 aliphatic heterocycles. The number of hydrogen-bond acceptors (Lipinski definition) is 8. The van der Waals surface area contributed by atoms with E-state index in [1.807, 2.05) is 21.1 Å². The molecule has 0 aromatic rings. The second-order valence-electron chi connectivity index (χ2n) is 26.7. The summed E-state index contributed by atoms with van der Waals surface area (Å²) in [6, 6.07) is 0. The highest BCUT2D eigenvalue weighted by Gasteiger charge is 2.22. The summed E-state index contributed by atoms with van der Waals surface area (Å²) in [6.45, 7) is 4.31. The van der Waals surface area contributed by atoms with Gasteiger partial charge in [0.2, 0.25) is 0 Å². The van der Waals surface area contributed by atoms with Crippen LogP contribution in [0.15, 0.2) is 24.3 Å². The third-order valence-electron chi connectivity index (χ3n) is 17.0. The van der Waals surface area contributed by atoms with Gasteiger partial charge in [0.05, 0.1) is 27.7 Å². The fourth-order valence-corrected chi connectivity index (χ4v) is 12.0. The Morgan fingerprint density at radius 3 is 0.940 bits per heavy atom. The van der Waals surface area contributed by atoms with Crippen LogP contribution < -0.4 is 4.89 Å². The Kier molecular flexibility index (Phi) is 64.7. The number of rotatable bonds is 70. The summed E-state index contributed by atoms with van der Waals surface area (Å²) < 4.78 is 34.4. The molecule has 0 saturated heterocycles. The molecule has 0 amide bonds. The van der Waals surface area contributed by atoms with Crippen molar-refractivity contribution in [3.05, 3.63) is 24.3 Å². The molecule has 0 aliphatic carbocycles. The minimum Gasteiger partial charge on any atom is -0.756 e. The Morgan fingerprint density at radius 2 is 0.643 bits per heavy atom. The third kappa shape index (κ3) is 69.6. The van der Waals surface area contributed by atoms with Crippen molar-refractivity contribution in [3.63, 3.8) is 0 Å². The fraction of sp³-hybridized carbons (Fsp3) is 0.919. The molecule has 2 unspecified atom stereocenters. The minimum absolute atomic E-state index is 0.0273. The van der Waals surface area contributed by atoms with Gasteiger partial charge >= 0.3 is 11.9 Å². The van der Waals surface area contributed by atoms with E-state index in [1.54, 1.807) is 0 Å². The lowest BCUT2D eigenvalue weighted by atomic mass is 10.0. The van der Waals surface area contributed by atoms with Crippen molar-refractivity contribution in [1.82, 2.24) is 0 Å². The summed E-state index contributed by atoms with van der Waals surface area (Å²) in [5, 5.41) is 0. The number of hydrogen-bond donors (Lipinski definition) is 0. The van der Waals surface area contributed by atoms with Gasteiger partial charge in [-0.2, -0.15) is 0 Å². The number of nitrogens with zero attached hydrogens (tertiary/aromatic N) is 1. The Labute approximate surface area is 523 Å². The summed E-state index contributed by atoms with van der Waals surface area (Å²) in [5.74, 6) is -0.809. The number of likely N-dealkylation sites (N-methyl/N-ethyl adjacent to an activating group) is 1. The Morgan fingerprint density at radius 1 is 0.369 bits per heavy atom. The molecular formula is C74H144NO8P. The number of carbonyl (C=O) groups excluding carboxylic acids is 2. The molecule has 498 valence electrons. The van der Waals surface area contributed by atoms with Gasteiger partial charge in [0.25, 0.3) is 7.82 Å². The van der Waals surface area contributed by atoms with Crippen LogP contribution in [0.4, 0.5) is 0 Å². The van der Waals surface area contributed by atoms with Gasteiger partial charge in [-0.1, -0.05) is 353 Å². The van der Waals surface area contributed by atoms with Crippen LogP contribution in [0, 0.1) is 0 Å². The molecule has 0 aromatic carbocycles. The summed E-state index contributed by atoms with van der Waals surface area (Å²) in [6.07, 6.45) is 82.8. The number of phosphoric ester groups is 1. The number of quaternary nitrogens is 1. The quantitative estimate of drug-likeness (QED) is 0.0195. The SMILES string of the molecule is CCCCCCC/C=C\C/C=C\CCCCCCCCCCCCCCCCCC(=O)OC(COC(=O)CCCCCCCCCCCCCCCCCCCCCCCCCCCCCCCCCCC)COP(=O)([O-])OCC[N+](C)(C)C. The van der Waals surface area contributed by atoms with Crippen LogP contribution in [0.1, 0.15) is 386 Å². The predicted octanol–water partition coefficient (Wildman–Crippen LogP) is 23.4. The van der Waals surface area contributed by atoms with Crippen molar-refractivity contribution in [2.24, 2.45) is 0 Å². The molecule has 0 spiro atoms. The van der Waals surface area contributed by atoms with E-state index in [0.29, 0.717) is 17.4 Å². The lowest BCUT2D eigenvalue weighted by Gasteiger charge is -2.28. The van der Waals surface area contributed by atoms with E-state index in [1.165, 1.54) is 315 Å².